The van der Waals surface area contributed by atoms with E-state index in [1.54, 1.807) is 0 Å². The fraction of sp³-hybridized carbons (Fsp3) is 0.467. The van der Waals surface area contributed by atoms with Crippen molar-refractivity contribution in [1.29, 1.82) is 0 Å². The summed E-state index contributed by atoms with van der Waals surface area (Å²) in [7, 11) is 1.92. The summed E-state index contributed by atoms with van der Waals surface area (Å²) in [5, 5.41) is 11.6. The molecule has 1 heterocycles. The molecule has 4 nitrogen and oxygen atoms in total. The summed E-state index contributed by atoms with van der Waals surface area (Å²) >= 11 is 0. The highest BCUT2D eigenvalue weighted by Crippen LogP contribution is 2.54. The van der Waals surface area contributed by atoms with Crippen LogP contribution in [0.25, 0.3) is 0 Å². The third-order valence-electron chi connectivity index (χ3n) is 3.85. The van der Waals surface area contributed by atoms with Crippen LogP contribution in [0.4, 0.5) is 0 Å². The van der Waals surface area contributed by atoms with Gasteiger partial charge < -0.3 is 9.73 Å². The van der Waals surface area contributed by atoms with Gasteiger partial charge in [-0.05, 0) is 31.4 Å². The van der Waals surface area contributed by atoms with E-state index < -0.39 is 0 Å². The van der Waals surface area contributed by atoms with Gasteiger partial charge in [-0.15, -0.1) is 10.2 Å². The van der Waals surface area contributed by atoms with Crippen LogP contribution in [0.15, 0.2) is 34.7 Å². The van der Waals surface area contributed by atoms with Crippen LogP contribution in [0.5, 0.6) is 0 Å². The number of rotatable bonds is 5. The number of nitrogens with one attached hydrogen (secondary N) is 1. The second-order valence-corrected chi connectivity index (χ2v) is 5.09. The van der Waals surface area contributed by atoms with Crippen molar-refractivity contribution < 1.29 is 4.42 Å². The predicted molar refractivity (Wildman–Crippen MR) is 72.9 cm³/mol. The zero-order chi connectivity index (χ0) is 13.2. The van der Waals surface area contributed by atoms with Gasteiger partial charge in [-0.2, -0.15) is 0 Å². The molecule has 1 fully saturated rings. The number of nitrogens with zero attached hydrogens (tertiary/aromatic N) is 2. The maximum absolute atomic E-state index is 5.82. The zero-order valence-corrected chi connectivity index (χ0v) is 11.3. The molecule has 1 aromatic carbocycles. The molecule has 3 atom stereocenters. The monoisotopic (exact) mass is 257 g/mol. The van der Waals surface area contributed by atoms with E-state index in [1.165, 1.54) is 5.56 Å². The standard InChI is InChI=1S/C15H19N3O/c1-3-13(16-2)15-18-17-14(19-15)12-9-11(12)10-7-5-4-6-8-10/h4-8,11-13,16H,3,9H2,1-2H3. The topological polar surface area (TPSA) is 51.0 Å². The van der Waals surface area contributed by atoms with E-state index >= 15 is 0 Å². The lowest BCUT2D eigenvalue weighted by molar-refractivity contribution is 0.386. The van der Waals surface area contributed by atoms with Gasteiger partial charge in [0.25, 0.3) is 0 Å². The molecule has 3 rings (SSSR count). The van der Waals surface area contributed by atoms with E-state index in [1.807, 2.05) is 13.1 Å². The summed E-state index contributed by atoms with van der Waals surface area (Å²) < 4.78 is 5.82. The van der Waals surface area contributed by atoms with E-state index in [4.69, 9.17) is 4.42 Å². The normalized spacial score (nSPS) is 23.3. The summed E-state index contributed by atoms with van der Waals surface area (Å²) in [6, 6.07) is 10.7. The van der Waals surface area contributed by atoms with E-state index in [9.17, 15) is 0 Å². The summed E-state index contributed by atoms with van der Waals surface area (Å²) in [6.45, 7) is 2.11. The molecule has 0 saturated heterocycles. The minimum atomic E-state index is 0.162. The first-order chi connectivity index (χ1) is 9.33. The Hall–Kier alpha value is -1.68. The van der Waals surface area contributed by atoms with Crippen LogP contribution < -0.4 is 5.32 Å². The third kappa shape index (κ3) is 2.40. The Balaban J connectivity index is 1.72. The molecule has 0 bridgehead atoms. The molecule has 1 aliphatic carbocycles. The second kappa shape index (κ2) is 5.13. The molecule has 0 amide bonds. The van der Waals surface area contributed by atoms with Gasteiger partial charge in [0.15, 0.2) is 0 Å². The fourth-order valence-corrected chi connectivity index (χ4v) is 2.58. The maximum atomic E-state index is 5.82. The van der Waals surface area contributed by atoms with Gasteiger partial charge in [0, 0.05) is 5.92 Å². The quantitative estimate of drug-likeness (QED) is 0.894. The Morgan fingerprint density at radius 3 is 2.74 bits per heavy atom. The molecule has 0 spiro atoms. The Bertz CT molecular complexity index is 533. The maximum Gasteiger partial charge on any atom is 0.233 e. The Morgan fingerprint density at radius 2 is 2.05 bits per heavy atom. The lowest BCUT2D eigenvalue weighted by Gasteiger charge is -2.07. The van der Waals surface area contributed by atoms with Crippen LogP contribution in [-0.2, 0) is 0 Å². The average Bonchev–Trinajstić information content (AvgIpc) is 3.12. The van der Waals surface area contributed by atoms with Gasteiger partial charge in [-0.25, -0.2) is 0 Å². The van der Waals surface area contributed by atoms with Crippen molar-refractivity contribution in [1.82, 2.24) is 15.5 Å². The van der Waals surface area contributed by atoms with Gasteiger partial charge in [0.05, 0.1) is 6.04 Å². The minimum absolute atomic E-state index is 0.162. The summed E-state index contributed by atoms with van der Waals surface area (Å²) in [4.78, 5) is 0. The molecule has 2 aromatic rings. The smallest absolute Gasteiger partial charge is 0.233 e. The van der Waals surface area contributed by atoms with Gasteiger partial charge in [-0.3, -0.25) is 0 Å². The van der Waals surface area contributed by atoms with Crippen LogP contribution in [0, 0.1) is 0 Å². The molecule has 4 heteroatoms. The Labute approximate surface area is 113 Å². The first-order valence-corrected chi connectivity index (χ1v) is 6.89. The van der Waals surface area contributed by atoms with E-state index in [2.05, 4.69) is 46.7 Å². The molecular formula is C15H19N3O. The number of benzene rings is 1. The highest BCUT2D eigenvalue weighted by molar-refractivity contribution is 5.30. The van der Waals surface area contributed by atoms with Crippen molar-refractivity contribution in [3.05, 3.63) is 47.7 Å². The number of hydrogen-bond acceptors (Lipinski definition) is 4. The molecule has 1 aliphatic rings. The van der Waals surface area contributed by atoms with Crippen LogP contribution in [0.3, 0.4) is 0 Å². The molecule has 3 unspecified atom stereocenters. The number of hydrogen-bond donors (Lipinski definition) is 1. The van der Waals surface area contributed by atoms with Gasteiger partial charge >= 0.3 is 0 Å². The Morgan fingerprint density at radius 1 is 1.26 bits per heavy atom. The third-order valence-corrected chi connectivity index (χ3v) is 3.85. The lowest BCUT2D eigenvalue weighted by Crippen LogP contribution is -2.15. The molecule has 0 radical (unpaired) electrons. The molecule has 100 valence electrons. The molecule has 0 aliphatic heterocycles. The molecule has 1 saturated carbocycles. The number of aromatic nitrogens is 2. The van der Waals surface area contributed by atoms with Gasteiger partial charge in [-0.1, -0.05) is 37.3 Å². The van der Waals surface area contributed by atoms with Crippen molar-refractivity contribution in [3.63, 3.8) is 0 Å². The van der Waals surface area contributed by atoms with Crippen molar-refractivity contribution in [2.75, 3.05) is 7.05 Å². The highest BCUT2D eigenvalue weighted by Gasteiger charge is 2.43. The average molecular weight is 257 g/mol. The SMILES string of the molecule is CCC(NC)c1nnc(C2CC2c2ccccc2)o1. The minimum Gasteiger partial charge on any atom is -0.423 e. The second-order valence-electron chi connectivity index (χ2n) is 5.09. The molecule has 1 N–H and O–H groups in total. The largest absolute Gasteiger partial charge is 0.423 e. The summed E-state index contributed by atoms with van der Waals surface area (Å²) in [5.74, 6) is 2.44. The lowest BCUT2D eigenvalue weighted by atomic mass is 10.1. The van der Waals surface area contributed by atoms with Gasteiger partial charge in [0.1, 0.15) is 0 Å². The fourth-order valence-electron chi connectivity index (χ4n) is 2.58. The van der Waals surface area contributed by atoms with Gasteiger partial charge in [0.2, 0.25) is 11.8 Å². The first-order valence-electron chi connectivity index (χ1n) is 6.89. The van der Waals surface area contributed by atoms with Crippen molar-refractivity contribution in [3.8, 4) is 0 Å². The van der Waals surface area contributed by atoms with Crippen LogP contribution >= 0.6 is 0 Å². The highest BCUT2D eigenvalue weighted by atomic mass is 16.4. The van der Waals surface area contributed by atoms with Crippen LogP contribution in [0.2, 0.25) is 0 Å². The first kappa shape index (κ1) is 12.4. The van der Waals surface area contributed by atoms with Crippen molar-refractivity contribution >= 4 is 0 Å². The van der Waals surface area contributed by atoms with E-state index in [0.717, 1.165) is 18.7 Å². The van der Waals surface area contributed by atoms with Crippen molar-refractivity contribution in [2.45, 2.75) is 37.6 Å². The van der Waals surface area contributed by atoms with Crippen LogP contribution in [-0.4, -0.2) is 17.2 Å². The molecular weight excluding hydrogens is 238 g/mol. The predicted octanol–water partition coefficient (Wildman–Crippen LogP) is 3.01. The zero-order valence-electron chi connectivity index (χ0n) is 11.3. The van der Waals surface area contributed by atoms with Crippen molar-refractivity contribution in [2.24, 2.45) is 0 Å². The summed E-state index contributed by atoms with van der Waals surface area (Å²) in [6.07, 6.45) is 2.06. The summed E-state index contributed by atoms with van der Waals surface area (Å²) in [5.41, 5.74) is 1.37. The van der Waals surface area contributed by atoms with E-state index in [-0.39, 0.29) is 6.04 Å². The van der Waals surface area contributed by atoms with E-state index in [0.29, 0.717) is 17.7 Å². The van der Waals surface area contributed by atoms with Crippen LogP contribution in [0.1, 0.15) is 55.0 Å². The Kier molecular flexibility index (Phi) is 3.34. The molecule has 1 aromatic heterocycles. The molecule has 19 heavy (non-hydrogen) atoms.